The maximum Gasteiger partial charge on any atom is 0.471 e. The molecule has 3 nitrogen and oxygen atoms in total. The number of nitrogens with zero attached hydrogens (tertiary/aromatic N) is 2. The zero-order valence-electron chi connectivity index (χ0n) is 9.20. The van der Waals surface area contributed by atoms with E-state index in [2.05, 4.69) is 0 Å². The van der Waals surface area contributed by atoms with Crippen molar-refractivity contribution in [2.45, 2.75) is 50.4 Å². The summed E-state index contributed by atoms with van der Waals surface area (Å²) in [4.78, 5) is 12.3. The summed E-state index contributed by atoms with van der Waals surface area (Å²) in [5.41, 5.74) is 0. The molecule has 2 aliphatic rings. The van der Waals surface area contributed by atoms with Crippen molar-refractivity contribution in [3.63, 3.8) is 0 Å². The molecule has 3 atom stereocenters. The number of halogens is 3. The van der Waals surface area contributed by atoms with Crippen molar-refractivity contribution in [1.82, 2.24) is 4.90 Å². The normalized spacial score (nSPS) is 31.6. The molecule has 3 unspecified atom stereocenters. The topological polar surface area (TPSA) is 44.1 Å². The smallest absolute Gasteiger partial charge is 0.329 e. The molecule has 2 fully saturated rings. The molecule has 0 radical (unpaired) electrons. The van der Waals surface area contributed by atoms with E-state index in [1.807, 2.05) is 6.07 Å². The van der Waals surface area contributed by atoms with Gasteiger partial charge in [0.05, 0.1) is 6.07 Å². The summed E-state index contributed by atoms with van der Waals surface area (Å²) in [5, 5.41) is 8.49. The molecular weight excluding hydrogens is 233 g/mol. The molecule has 94 valence electrons. The van der Waals surface area contributed by atoms with Crippen molar-refractivity contribution in [2.75, 3.05) is 0 Å². The molecule has 2 heterocycles. The van der Waals surface area contributed by atoms with Crippen molar-refractivity contribution >= 4 is 5.91 Å². The number of fused-ring (bicyclic) bond motifs is 2. The quantitative estimate of drug-likeness (QED) is 0.750. The van der Waals surface area contributed by atoms with Crippen molar-refractivity contribution < 1.29 is 18.0 Å². The molecule has 0 aromatic heterocycles. The van der Waals surface area contributed by atoms with Gasteiger partial charge in [0.2, 0.25) is 0 Å². The Morgan fingerprint density at radius 1 is 1.41 bits per heavy atom. The monoisotopic (exact) mass is 246 g/mol. The number of carbonyl (C=O) groups excluding carboxylic acids is 1. The summed E-state index contributed by atoms with van der Waals surface area (Å²) in [6.45, 7) is 0. The highest BCUT2D eigenvalue weighted by Crippen LogP contribution is 2.45. The second kappa shape index (κ2) is 4.21. The van der Waals surface area contributed by atoms with Gasteiger partial charge in [0.15, 0.2) is 0 Å². The van der Waals surface area contributed by atoms with Gasteiger partial charge in [-0.3, -0.25) is 4.79 Å². The molecule has 17 heavy (non-hydrogen) atoms. The molecule has 0 aromatic carbocycles. The van der Waals surface area contributed by atoms with Crippen LogP contribution in [-0.2, 0) is 4.79 Å². The summed E-state index contributed by atoms with van der Waals surface area (Å²) in [7, 11) is 0. The Bertz CT molecular complexity index is 361. The molecule has 0 aromatic rings. The van der Waals surface area contributed by atoms with E-state index >= 15 is 0 Å². The first-order valence-electron chi connectivity index (χ1n) is 5.71. The van der Waals surface area contributed by atoms with Crippen LogP contribution in [0.25, 0.3) is 0 Å². The van der Waals surface area contributed by atoms with E-state index in [0.717, 1.165) is 4.90 Å². The van der Waals surface area contributed by atoms with Gasteiger partial charge >= 0.3 is 12.1 Å². The van der Waals surface area contributed by atoms with Crippen LogP contribution in [0.15, 0.2) is 0 Å². The molecule has 2 bridgehead atoms. The predicted molar refractivity (Wildman–Crippen MR) is 52.7 cm³/mol. The number of hydrogen-bond acceptors (Lipinski definition) is 2. The van der Waals surface area contributed by atoms with Gasteiger partial charge in [0.25, 0.3) is 0 Å². The molecule has 0 saturated carbocycles. The zero-order chi connectivity index (χ0) is 12.6. The summed E-state index contributed by atoms with van der Waals surface area (Å²) in [5.74, 6) is -1.64. The van der Waals surface area contributed by atoms with Crippen LogP contribution >= 0.6 is 0 Å². The highest BCUT2D eigenvalue weighted by molar-refractivity contribution is 5.83. The first-order chi connectivity index (χ1) is 7.95. The number of rotatable bonds is 2. The predicted octanol–water partition coefficient (Wildman–Crippen LogP) is 2.23. The lowest BCUT2D eigenvalue weighted by molar-refractivity contribution is -0.187. The third-order valence-corrected chi connectivity index (χ3v) is 3.77. The first kappa shape index (κ1) is 12.2. The van der Waals surface area contributed by atoms with Crippen LogP contribution in [0, 0.1) is 17.2 Å². The van der Waals surface area contributed by atoms with Crippen molar-refractivity contribution in [2.24, 2.45) is 5.92 Å². The third kappa shape index (κ3) is 2.11. The molecule has 2 saturated heterocycles. The Morgan fingerprint density at radius 3 is 2.71 bits per heavy atom. The second-order valence-electron chi connectivity index (χ2n) is 4.70. The van der Waals surface area contributed by atoms with Gasteiger partial charge in [-0.05, 0) is 31.6 Å². The summed E-state index contributed by atoms with van der Waals surface area (Å²) >= 11 is 0. The standard InChI is InChI=1S/C11H13F3N2O/c12-11(13,14)10(17)16-8-3-4-9(16)7(6-8)2-1-5-15/h7-9H,1-4,6H2. The van der Waals surface area contributed by atoms with Gasteiger partial charge < -0.3 is 4.90 Å². The van der Waals surface area contributed by atoms with E-state index < -0.39 is 12.1 Å². The highest BCUT2D eigenvalue weighted by atomic mass is 19.4. The Balaban J connectivity index is 2.07. The third-order valence-electron chi connectivity index (χ3n) is 3.77. The van der Waals surface area contributed by atoms with Gasteiger partial charge in [-0.1, -0.05) is 0 Å². The second-order valence-corrected chi connectivity index (χ2v) is 4.70. The maximum absolute atomic E-state index is 12.4. The maximum atomic E-state index is 12.4. The fraction of sp³-hybridized carbons (Fsp3) is 0.818. The van der Waals surface area contributed by atoms with E-state index in [-0.39, 0.29) is 18.0 Å². The van der Waals surface area contributed by atoms with Crippen LogP contribution in [0.2, 0.25) is 0 Å². The molecule has 2 aliphatic heterocycles. The molecule has 0 aliphatic carbocycles. The van der Waals surface area contributed by atoms with Crippen LogP contribution < -0.4 is 0 Å². The molecular formula is C11H13F3N2O. The van der Waals surface area contributed by atoms with E-state index in [9.17, 15) is 18.0 Å². The fourth-order valence-corrected chi connectivity index (χ4v) is 3.14. The minimum absolute atomic E-state index is 0.0692. The van der Waals surface area contributed by atoms with Crippen LogP contribution in [0.4, 0.5) is 13.2 Å². The van der Waals surface area contributed by atoms with E-state index in [0.29, 0.717) is 32.1 Å². The lowest BCUT2D eigenvalue weighted by Gasteiger charge is -2.24. The van der Waals surface area contributed by atoms with Gasteiger partial charge in [-0.25, -0.2) is 0 Å². The Labute approximate surface area is 97.2 Å². The van der Waals surface area contributed by atoms with Crippen molar-refractivity contribution in [3.05, 3.63) is 0 Å². The van der Waals surface area contributed by atoms with Crippen LogP contribution in [0.5, 0.6) is 0 Å². The Morgan fingerprint density at radius 2 is 2.12 bits per heavy atom. The molecule has 2 rings (SSSR count). The van der Waals surface area contributed by atoms with Crippen molar-refractivity contribution in [3.8, 4) is 6.07 Å². The minimum atomic E-state index is -4.77. The summed E-state index contributed by atoms with van der Waals surface area (Å²) in [6, 6.07) is 1.43. The highest BCUT2D eigenvalue weighted by Gasteiger charge is 2.54. The van der Waals surface area contributed by atoms with Crippen LogP contribution in [0.3, 0.4) is 0 Å². The fourth-order valence-electron chi connectivity index (χ4n) is 3.14. The molecule has 6 heteroatoms. The van der Waals surface area contributed by atoms with Gasteiger partial charge in [-0.2, -0.15) is 18.4 Å². The average molecular weight is 246 g/mol. The largest absolute Gasteiger partial charge is 0.471 e. The minimum Gasteiger partial charge on any atom is -0.329 e. The Hall–Kier alpha value is -1.25. The summed E-state index contributed by atoms with van der Waals surface area (Å²) < 4.78 is 37.2. The number of hydrogen-bond donors (Lipinski definition) is 0. The van der Waals surface area contributed by atoms with E-state index in [4.69, 9.17) is 5.26 Å². The average Bonchev–Trinajstić information content (AvgIpc) is 2.80. The zero-order valence-corrected chi connectivity index (χ0v) is 9.20. The van der Waals surface area contributed by atoms with Gasteiger partial charge in [0.1, 0.15) is 0 Å². The molecule has 0 N–H and O–H groups in total. The lowest BCUT2D eigenvalue weighted by atomic mass is 9.86. The number of amides is 1. The lowest BCUT2D eigenvalue weighted by Crippen LogP contribution is -2.44. The first-order valence-corrected chi connectivity index (χ1v) is 5.71. The van der Waals surface area contributed by atoms with Gasteiger partial charge in [-0.15, -0.1) is 0 Å². The molecule has 1 amide bonds. The van der Waals surface area contributed by atoms with Gasteiger partial charge in [0, 0.05) is 18.5 Å². The van der Waals surface area contributed by atoms with E-state index in [1.54, 1.807) is 0 Å². The van der Waals surface area contributed by atoms with Crippen LogP contribution in [0.1, 0.15) is 32.1 Å². The Kier molecular flexibility index (Phi) is 3.02. The van der Waals surface area contributed by atoms with Crippen molar-refractivity contribution in [1.29, 1.82) is 5.26 Å². The number of alkyl halides is 3. The molecule has 0 spiro atoms. The van der Waals surface area contributed by atoms with E-state index in [1.165, 1.54) is 0 Å². The van der Waals surface area contributed by atoms with Crippen LogP contribution in [-0.4, -0.2) is 29.1 Å². The SMILES string of the molecule is N#CCCC1CC2CCC1N2C(=O)C(F)(F)F. The summed E-state index contributed by atoms with van der Waals surface area (Å²) in [6.07, 6.45) is -1.90. The number of carbonyl (C=O) groups is 1. The number of nitriles is 1.